The van der Waals surface area contributed by atoms with Gasteiger partial charge in [-0.25, -0.2) is 4.39 Å². The average Bonchev–Trinajstić information content (AvgIpc) is 2.98. The summed E-state index contributed by atoms with van der Waals surface area (Å²) in [5.74, 6) is 0.997. The van der Waals surface area contributed by atoms with Crippen LogP contribution < -0.4 is 10.1 Å². The smallest absolute Gasteiger partial charge is 0.243 e. The van der Waals surface area contributed by atoms with E-state index < -0.39 is 0 Å². The highest BCUT2D eigenvalue weighted by Gasteiger charge is 2.44. The molecule has 5 nitrogen and oxygen atoms in total. The van der Waals surface area contributed by atoms with E-state index in [1.165, 1.54) is 23.4 Å². The Balaban J connectivity index is 1.34. The lowest BCUT2D eigenvalue weighted by Crippen LogP contribution is -2.45. The molecule has 0 saturated carbocycles. The Morgan fingerprint density at radius 1 is 1.31 bits per heavy atom. The number of carbonyl (C=O) groups excluding carboxylic acids is 1. The summed E-state index contributed by atoms with van der Waals surface area (Å²) in [5.41, 5.74) is 3.81. The predicted octanol–water partition coefficient (Wildman–Crippen LogP) is 3.30. The summed E-state index contributed by atoms with van der Waals surface area (Å²) >= 11 is 0. The van der Waals surface area contributed by atoms with Crippen LogP contribution in [0.3, 0.4) is 0 Å². The van der Waals surface area contributed by atoms with E-state index in [-0.39, 0.29) is 11.7 Å². The maximum Gasteiger partial charge on any atom is 0.243 e. The lowest BCUT2D eigenvalue weighted by atomic mass is 9.90. The summed E-state index contributed by atoms with van der Waals surface area (Å²) in [6, 6.07) is 6.51. The number of halogens is 1. The first-order valence-corrected chi connectivity index (χ1v) is 10.7. The fourth-order valence-electron chi connectivity index (χ4n) is 4.73. The fourth-order valence-corrected chi connectivity index (χ4v) is 4.73. The van der Waals surface area contributed by atoms with Crippen molar-refractivity contribution in [2.45, 2.75) is 39.2 Å². The quantitative estimate of drug-likeness (QED) is 0.682. The average molecular weight is 400 g/mol. The van der Waals surface area contributed by atoms with Crippen LogP contribution in [0.4, 0.5) is 4.39 Å². The van der Waals surface area contributed by atoms with Crippen LogP contribution in [0.15, 0.2) is 47.3 Å². The van der Waals surface area contributed by atoms with Gasteiger partial charge in [0.1, 0.15) is 11.6 Å². The Morgan fingerprint density at radius 3 is 2.86 bits per heavy atom. The number of nitrogens with zero attached hydrogens (tertiary/aromatic N) is 2. The van der Waals surface area contributed by atoms with E-state index in [0.29, 0.717) is 30.9 Å². The van der Waals surface area contributed by atoms with Crippen LogP contribution in [0.5, 0.6) is 5.75 Å². The van der Waals surface area contributed by atoms with Crippen molar-refractivity contribution in [3.63, 3.8) is 0 Å². The van der Waals surface area contributed by atoms with Crippen molar-refractivity contribution in [1.82, 2.24) is 15.1 Å². The van der Waals surface area contributed by atoms with Crippen molar-refractivity contribution >= 4 is 5.91 Å². The second-order valence-electron chi connectivity index (χ2n) is 8.10. The second-order valence-corrected chi connectivity index (χ2v) is 8.10. The zero-order valence-electron chi connectivity index (χ0n) is 17.3. The number of benzene rings is 1. The Hall–Kier alpha value is -2.34. The van der Waals surface area contributed by atoms with Crippen molar-refractivity contribution in [3.05, 3.63) is 53.1 Å². The number of rotatable bonds is 8. The van der Waals surface area contributed by atoms with Crippen molar-refractivity contribution in [1.29, 1.82) is 0 Å². The molecule has 0 aromatic heterocycles. The first-order valence-electron chi connectivity index (χ1n) is 10.7. The van der Waals surface area contributed by atoms with E-state index in [1.54, 1.807) is 12.1 Å². The molecule has 2 heterocycles. The normalized spacial score (nSPS) is 23.2. The third-order valence-corrected chi connectivity index (χ3v) is 6.29. The van der Waals surface area contributed by atoms with Gasteiger partial charge in [-0.1, -0.05) is 13.0 Å². The number of hydrogen-bond donors (Lipinski definition) is 1. The molecule has 156 valence electrons. The molecule has 0 spiro atoms. The summed E-state index contributed by atoms with van der Waals surface area (Å²) in [6.45, 7) is 8.45. The van der Waals surface area contributed by atoms with Crippen molar-refractivity contribution in [2.24, 2.45) is 5.92 Å². The minimum absolute atomic E-state index is 0.114. The lowest BCUT2D eigenvalue weighted by Gasteiger charge is -2.33. The zero-order valence-corrected chi connectivity index (χ0v) is 17.3. The van der Waals surface area contributed by atoms with Gasteiger partial charge < -0.3 is 19.9 Å². The molecule has 2 atom stereocenters. The third kappa shape index (κ3) is 4.17. The van der Waals surface area contributed by atoms with Crippen LogP contribution in [0.25, 0.3) is 0 Å². The predicted molar refractivity (Wildman–Crippen MR) is 111 cm³/mol. The fraction of sp³-hybridized carbons (Fsp3) is 0.522. The number of allylic oxidation sites excluding steroid dienone is 3. The number of hydrogen-bond acceptors (Lipinski definition) is 4. The molecule has 0 unspecified atom stereocenters. The van der Waals surface area contributed by atoms with E-state index in [0.717, 1.165) is 44.6 Å². The monoisotopic (exact) mass is 399 g/mol. The van der Waals surface area contributed by atoms with Crippen LogP contribution >= 0.6 is 0 Å². The lowest BCUT2D eigenvalue weighted by molar-refractivity contribution is -0.122. The highest BCUT2D eigenvalue weighted by molar-refractivity contribution is 5.82. The summed E-state index contributed by atoms with van der Waals surface area (Å²) in [4.78, 5) is 16.9. The van der Waals surface area contributed by atoms with Gasteiger partial charge >= 0.3 is 0 Å². The molecular formula is C23H30FN3O2. The minimum atomic E-state index is -0.247. The van der Waals surface area contributed by atoms with Gasteiger partial charge in [0, 0.05) is 30.7 Å². The summed E-state index contributed by atoms with van der Waals surface area (Å²) in [5, 5.41) is 3.09. The molecule has 1 fully saturated rings. The van der Waals surface area contributed by atoms with E-state index in [1.807, 2.05) is 0 Å². The molecule has 29 heavy (non-hydrogen) atoms. The van der Waals surface area contributed by atoms with Crippen molar-refractivity contribution < 1.29 is 13.9 Å². The van der Waals surface area contributed by atoms with E-state index in [2.05, 4.69) is 35.0 Å². The molecule has 0 radical (unpaired) electrons. The molecule has 1 saturated heterocycles. The zero-order chi connectivity index (χ0) is 20.4. The van der Waals surface area contributed by atoms with Gasteiger partial charge in [-0.05, 0) is 62.6 Å². The third-order valence-electron chi connectivity index (χ3n) is 6.29. The molecular weight excluding hydrogens is 369 g/mol. The molecule has 6 heteroatoms. The minimum Gasteiger partial charge on any atom is -0.494 e. The number of nitrogens with one attached hydrogen (secondary N) is 1. The Kier molecular flexibility index (Phi) is 5.90. The number of ether oxygens (including phenoxy) is 1. The molecule has 3 aliphatic rings. The highest BCUT2D eigenvalue weighted by Crippen LogP contribution is 2.43. The van der Waals surface area contributed by atoms with Crippen LogP contribution in [-0.2, 0) is 4.79 Å². The molecule has 1 aromatic carbocycles. The highest BCUT2D eigenvalue weighted by atomic mass is 19.1. The number of carbonyl (C=O) groups is 1. The Labute approximate surface area is 172 Å². The van der Waals surface area contributed by atoms with E-state index >= 15 is 0 Å². The van der Waals surface area contributed by atoms with Gasteiger partial charge in [0.25, 0.3) is 0 Å². The van der Waals surface area contributed by atoms with Gasteiger partial charge in [-0.3, -0.25) is 4.79 Å². The molecule has 2 aliphatic heterocycles. The molecule has 1 N–H and O–H groups in total. The molecule has 1 amide bonds. The summed E-state index contributed by atoms with van der Waals surface area (Å²) in [6.07, 6.45) is 5.23. The molecule has 1 aliphatic carbocycles. The Morgan fingerprint density at radius 2 is 2.10 bits per heavy atom. The van der Waals surface area contributed by atoms with Crippen LogP contribution in [0.2, 0.25) is 0 Å². The first kappa shape index (κ1) is 20.0. The van der Waals surface area contributed by atoms with Gasteiger partial charge in [0.15, 0.2) is 0 Å². The topological polar surface area (TPSA) is 44.8 Å². The molecule has 4 rings (SSSR count). The molecule has 1 aromatic rings. The van der Waals surface area contributed by atoms with Gasteiger partial charge in [0.2, 0.25) is 5.91 Å². The Bertz CT molecular complexity index is 818. The van der Waals surface area contributed by atoms with Gasteiger partial charge in [-0.2, -0.15) is 0 Å². The van der Waals surface area contributed by atoms with Gasteiger partial charge in [0.05, 0.1) is 18.8 Å². The van der Waals surface area contributed by atoms with Crippen LogP contribution in [0, 0.1) is 11.7 Å². The standard InChI is InChI=1S/C23H30FN3O2/c1-3-26(12-5-13-29-18-10-8-17(24)9-11-18)14-20-16(2)27-15-22(28)25-21-7-4-6-19(20)23(21)27/h6,8-11,16,20H,3-5,7,12-15H2,1-2H3,(H,25,28)/t16-,20+/m0/s1. The summed E-state index contributed by atoms with van der Waals surface area (Å²) < 4.78 is 18.7. The molecule has 0 bridgehead atoms. The van der Waals surface area contributed by atoms with Gasteiger partial charge in [-0.15, -0.1) is 0 Å². The number of amides is 1. The van der Waals surface area contributed by atoms with E-state index in [9.17, 15) is 9.18 Å². The SMILES string of the molecule is CCN(CCCOc1ccc(F)cc1)C[C@H]1C2=CCCC3=C2N(CC(=O)N3)[C@H]1C. The van der Waals surface area contributed by atoms with Crippen molar-refractivity contribution in [2.75, 3.05) is 32.8 Å². The van der Waals surface area contributed by atoms with E-state index in [4.69, 9.17) is 4.74 Å². The van der Waals surface area contributed by atoms with Crippen molar-refractivity contribution in [3.8, 4) is 5.75 Å². The maximum atomic E-state index is 13.0. The van der Waals surface area contributed by atoms with Crippen LogP contribution in [-0.4, -0.2) is 54.5 Å². The first-order chi connectivity index (χ1) is 14.1. The van der Waals surface area contributed by atoms with Crippen LogP contribution in [0.1, 0.15) is 33.1 Å². The largest absolute Gasteiger partial charge is 0.494 e. The second kappa shape index (κ2) is 8.57. The summed E-state index contributed by atoms with van der Waals surface area (Å²) in [7, 11) is 0. The maximum absolute atomic E-state index is 13.0.